The number of anilines is 1. The molecule has 0 aliphatic rings. The number of benzene rings is 1. The second-order valence-electron chi connectivity index (χ2n) is 6.14. The van der Waals surface area contributed by atoms with Crippen molar-refractivity contribution in [2.45, 2.75) is 6.42 Å². The summed E-state index contributed by atoms with van der Waals surface area (Å²) < 4.78 is 28.5. The van der Waals surface area contributed by atoms with Crippen molar-refractivity contribution < 1.29 is 13.6 Å². The van der Waals surface area contributed by atoms with Gasteiger partial charge in [-0.05, 0) is 30.2 Å². The summed E-state index contributed by atoms with van der Waals surface area (Å²) in [7, 11) is 1.74. The summed E-state index contributed by atoms with van der Waals surface area (Å²) in [5, 5.41) is 7.81. The maximum atomic E-state index is 13.4. The molecular weight excluding hydrogens is 429 g/mol. The number of nitrogens with one attached hydrogen (secondary N) is 1. The van der Waals surface area contributed by atoms with E-state index in [-0.39, 0.29) is 18.9 Å². The summed E-state index contributed by atoms with van der Waals surface area (Å²) in [6.45, 7) is 0.0460. The number of rotatable bonds is 6. The number of hydrogen-bond acceptors (Lipinski definition) is 4. The first-order valence-electron chi connectivity index (χ1n) is 8.22. The van der Waals surface area contributed by atoms with Gasteiger partial charge in [-0.2, -0.15) is 5.10 Å². The van der Waals surface area contributed by atoms with Crippen LogP contribution in [0.15, 0.2) is 30.5 Å². The molecule has 0 aliphatic carbocycles. The standard InChI is InChI=1S/C18H16Cl2F2N4OS/c1-26-16(12(19)8-24-26)11-6-15(28-17(11)20)25-18(27)10(7-23)4-9-2-3-13(21)14(22)5-9/h2-3,5-6,8,10H,4,7,23H2,1H3,(H,25,27)/t10-/m1/s1. The van der Waals surface area contributed by atoms with E-state index in [1.54, 1.807) is 17.8 Å². The maximum absolute atomic E-state index is 13.4. The zero-order valence-electron chi connectivity index (χ0n) is 14.7. The predicted molar refractivity (Wildman–Crippen MR) is 108 cm³/mol. The molecule has 0 unspecified atom stereocenters. The first kappa shape index (κ1) is 20.7. The maximum Gasteiger partial charge on any atom is 0.229 e. The molecular formula is C18H16Cl2F2N4OS. The van der Waals surface area contributed by atoms with E-state index < -0.39 is 17.6 Å². The van der Waals surface area contributed by atoms with Gasteiger partial charge < -0.3 is 11.1 Å². The summed E-state index contributed by atoms with van der Waals surface area (Å²) in [4.78, 5) is 12.6. The number of nitrogens with two attached hydrogens (primary N) is 1. The number of nitrogens with zero attached hydrogens (tertiary/aromatic N) is 2. The molecule has 1 atom stereocenters. The molecule has 0 fully saturated rings. The molecule has 1 amide bonds. The molecule has 3 N–H and O–H groups in total. The number of halogens is 4. The number of aromatic nitrogens is 2. The van der Waals surface area contributed by atoms with Crippen LogP contribution in [0.2, 0.25) is 9.36 Å². The first-order chi connectivity index (χ1) is 13.3. The van der Waals surface area contributed by atoms with Crippen LogP contribution in [0.5, 0.6) is 0 Å². The monoisotopic (exact) mass is 444 g/mol. The van der Waals surface area contributed by atoms with Gasteiger partial charge in [0.1, 0.15) is 4.34 Å². The Morgan fingerprint density at radius 2 is 2.07 bits per heavy atom. The van der Waals surface area contributed by atoms with Crippen molar-refractivity contribution in [3.63, 3.8) is 0 Å². The third-order valence-electron chi connectivity index (χ3n) is 4.20. The molecule has 1 aromatic carbocycles. The minimum atomic E-state index is -0.962. The fourth-order valence-corrected chi connectivity index (χ4v) is 4.21. The lowest BCUT2D eigenvalue weighted by molar-refractivity contribution is -0.119. The first-order valence-corrected chi connectivity index (χ1v) is 9.79. The minimum Gasteiger partial charge on any atom is -0.330 e. The Labute approximate surface area is 174 Å². The fraction of sp³-hybridized carbons (Fsp3) is 0.222. The predicted octanol–water partition coefficient (Wildman–Crippen LogP) is 4.49. The zero-order valence-corrected chi connectivity index (χ0v) is 17.0. The molecule has 0 radical (unpaired) electrons. The van der Waals surface area contributed by atoms with Gasteiger partial charge in [-0.3, -0.25) is 9.48 Å². The smallest absolute Gasteiger partial charge is 0.229 e. The Hall–Kier alpha value is -2.00. The summed E-state index contributed by atoms with van der Waals surface area (Å²) >= 11 is 13.6. The largest absolute Gasteiger partial charge is 0.330 e. The molecule has 2 heterocycles. The Morgan fingerprint density at radius 1 is 1.32 bits per heavy atom. The van der Waals surface area contributed by atoms with Gasteiger partial charge in [0.15, 0.2) is 11.6 Å². The van der Waals surface area contributed by atoms with Crippen LogP contribution in [-0.2, 0) is 18.3 Å². The molecule has 0 saturated heterocycles. The number of thiophene rings is 1. The highest BCUT2D eigenvalue weighted by atomic mass is 35.5. The number of amides is 1. The minimum absolute atomic E-state index is 0.0460. The van der Waals surface area contributed by atoms with Crippen molar-refractivity contribution in [2.75, 3.05) is 11.9 Å². The lowest BCUT2D eigenvalue weighted by Crippen LogP contribution is -2.30. The van der Waals surface area contributed by atoms with Crippen LogP contribution in [0.4, 0.5) is 13.8 Å². The number of aryl methyl sites for hydroxylation is 1. The Morgan fingerprint density at radius 3 is 2.68 bits per heavy atom. The normalized spacial score (nSPS) is 12.2. The van der Waals surface area contributed by atoms with Gasteiger partial charge in [0, 0.05) is 19.2 Å². The van der Waals surface area contributed by atoms with Crippen molar-refractivity contribution >= 4 is 45.4 Å². The van der Waals surface area contributed by atoms with E-state index in [0.717, 1.165) is 12.1 Å². The second kappa shape index (κ2) is 8.57. The molecule has 3 rings (SSSR count). The molecule has 148 valence electrons. The van der Waals surface area contributed by atoms with E-state index in [2.05, 4.69) is 10.4 Å². The Bertz CT molecular complexity index is 1000. The number of hydrogen-bond donors (Lipinski definition) is 2. The van der Waals surface area contributed by atoms with Gasteiger partial charge in [-0.15, -0.1) is 11.3 Å². The fourth-order valence-electron chi connectivity index (χ4n) is 2.76. The lowest BCUT2D eigenvalue weighted by Gasteiger charge is -2.14. The van der Waals surface area contributed by atoms with Gasteiger partial charge in [0.2, 0.25) is 5.91 Å². The van der Waals surface area contributed by atoms with Gasteiger partial charge in [0.25, 0.3) is 0 Å². The SMILES string of the molecule is Cn1ncc(Cl)c1-c1cc(NC(=O)[C@@H](CN)Cc2ccc(F)c(F)c2)sc1Cl. The van der Waals surface area contributed by atoms with E-state index in [1.807, 2.05) is 0 Å². The van der Waals surface area contributed by atoms with E-state index in [4.69, 9.17) is 28.9 Å². The van der Waals surface area contributed by atoms with Crippen LogP contribution in [0, 0.1) is 17.6 Å². The molecule has 0 saturated carbocycles. The molecule has 2 aromatic heterocycles. The molecule has 0 aliphatic heterocycles. The van der Waals surface area contributed by atoms with Crippen molar-refractivity contribution in [1.82, 2.24) is 9.78 Å². The summed E-state index contributed by atoms with van der Waals surface area (Å²) in [5.41, 5.74) is 7.49. The van der Waals surface area contributed by atoms with E-state index in [1.165, 1.54) is 23.6 Å². The van der Waals surface area contributed by atoms with Crippen molar-refractivity contribution in [3.8, 4) is 11.3 Å². The highest BCUT2D eigenvalue weighted by Gasteiger charge is 2.21. The second-order valence-corrected chi connectivity index (χ2v) is 8.20. The van der Waals surface area contributed by atoms with Crippen LogP contribution >= 0.6 is 34.5 Å². The third kappa shape index (κ3) is 4.35. The van der Waals surface area contributed by atoms with Crippen molar-refractivity contribution in [3.05, 3.63) is 57.0 Å². The van der Waals surface area contributed by atoms with Crippen molar-refractivity contribution in [2.24, 2.45) is 18.7 Å². The molecule has 0 bridgehead atoms. The Kier molecular flexibility index (Phi) is 6.34. The van der Waals surface area contributed by atoms with Crippen LogP contribution in [0.1, 0.15) is 5.56 Å². The van der Waals surface area contributed by atoms with Crippen LogP contribution in [0.3, 0.4) is 0 Å². The summed E-state index contributed by atoms with van der Waals surface area (Å²) in [5.74, 6) is -2.86. The van der Waals surface area contributed by atoms with Crippen LogP contribution in [-0.4, -0.2) is 22.2 Å². The molecule has 28 heavy (non-hydrogen) atoms. The average molecular weight is 445 g/mol. The summed E-state index contributed by atoms with van der Waals surface area (Å²) in [6.07, 6.45) is 1.69. The number of carbonyl (C=O) groups is 1. The molecule has 10 heteroatoms. The van der Waals surface area contributed by atoms with Crippen LogP contribution < -0.4 is 11.1 Å². The quantitative estimate of drug-likeness (QED) is 0.588. The molecule has 0 spiro atoms. The molecule has 5 nitrogen and oxygen atoms in total. The highest BCUT2D eigenvalue weighted by molar-refractivity contribution is 7.20. The Balaban J connectivity index is 1.76. The lowest BCUT2D eigenvalue weighted by atomic mass is 9.98. The summed E-state index contributed by atoms with van der Waals surface area (Å²) in [6, 6.07) is 5.23. The molecule has 3 aromatic rings. The highest BCUT2D eigenvalue weighted by Crippen LogP contribution is 2.41. The zero-order chi connectivity index (χ0) is 20.4. The van der Waals surface area contributed by atoms with Gasteiger partial charge in [-0.1, -0.05) is 29.3 Å². The topological polar surface area (TPSA) is 72.9 Å². The third-order valence-corrected chi connectivity index (χ3v) is 5.75. The van der Waals surface area contributed by atoms with Gasteiger partial charge in [-0.25, -0.2) is 8.78 Å². The van der Waals surface area contributed by atoms with Gasteiger partial charge >= 0.3 is 0 Å². The van der Waals surface area contributed by atoms with E-state index >= 15 is 0 Å². The average Bonchev–Trinajstić information content (AvgIpc) is 3.16. The van der Waals surface area contributed by atoms with Crippen molar-refractivity contribution in [1.29, 1.82) is 0 Å². The van der Waals surface area contributed by atoms with Gasteiger partial charge in [0.05, 0.1) is 27.8 Å². The van der Waals surface area contributed by atoms with Crippen LogP contribution in [0.25, 0.3) is 11.3 Å². The van der Waals surface area contributed by atoms with E-state index in [0.29, 0.717) is 31.2 Å². The van der Waals surface area contributed by atoms with E-state index in [9.17, 15) is 13.6 Å². The number of carbonyl (C=O) groups excluding carboxylic acids is 1.